The van der Waals surface area contributed by atoms with Gasteiger partial charge < -0.3 is 14.2 Å². The van der Waals surface area contributed by atoms with Crippen molar-refractivity contribution in [1.82, 2.24) is 0 Å². The van der Waals surface area contributed by atoms with Crippen LogP contribution in [-0.2, 0) is 0 Å². The van der Waals surface area contributed by atoms with Crippen molar-refractivity contribution in [2.45, 2.75) is 19.4 Å². The van der Waals surface area contributed by atoms with Crippen molar-refractivity contribution in [2.24, 2.45) is 0 Å². The van der Waals surface area contributed by atoms with E-state index < -0.39 is 11.0 Å². The molecule has 7 heteroatoms. The van der Waals surface area contributed by atoms with E-state index >= 15 is 0 Å². The van der Waals surface area contributed by atoms with Crippen molar-refractivity contribution in [1.29, 1.82) is 0 Å². The lowest BCUT2D eigenvalue weighted by Crippen LogP contribution is -2.19. The minimum atomic E-state index is -0.826. The summed E-state index contributed by atoms with van der Waals surface area (Å²) in [6, 6.07) is 10.6. The quantitative estimate of drug-likeness (QED) is 0.486. The van der Waals surface area contributed by atoms with Gasteiger partial charge >= 0.3 is 0 Å². The SMILES string of the molecule is CCCOc1ccc([C@@H]2Oc3ccc(Br)cc3C=C2[N+](=O)[O-])cc1OC. The average Bonchev–Trinajstić information content (AvgIpc) is 2.65. The molecule has 26 heavy (non-hydrogen) atoms. The van der Waals surface area contributed by atoms with E-state index in [0.29, 0.717) is 35.0 Å². The van der Waals surface area contributed by atoms with Gasteiger partial charge in [0.25, 0.3) is 5.70 Å². The van der Waals surface area contributed by atoms with E-state index in [1.54, 1.807) is 36.4 Å². The fraction of sp³-hybridized carbons (Fsp3) is 0.263. The molecule has 0 bridgehead atoms. The van der Waals surface area contributed by atoms with Crippen LogP contribution in [0.25, 0.3) is 6.08 Å². The molecule has 1 atom stereocenters. The van der Waals surface area contributed by atoms with Gasteiger partial charge in [0.05, 0.1) is 18.6 Å². The van der Waals surface area contributed by atoms with Crippen LogP contribution in [0.5, 0.6) is 17.2 Å². The highest BCUT2D eigenvalue weighted by Gasteiger charge is 2.33. The molecular weight excluding hydrogens is 402 g/mol. The molecule has 0 N–H and O–H groups in total. The third-order valence-corrected chi connectivity index (χ3v) is 4.44. The third kappa shape index (κ3) is 3.67. The molecule has 0 saturated heterocycles. The lowest BCUT2D eigenvalue weighted by molar-refractivity contribution is -0.434. The largest absolute Gasteiger partial charge is 0.493 e. The molecule has 2 aromatic rings. The average molecular weight is 420 g/mol. The van der Waals surface area contributed by atoms with Gasteiger partial charge in [-0.15, -0.1) is 0 Å². The summed E-state index contributed by atoms with van der Waals surface area (Å²) in [7, 11) is 1.54. The Morgan fingerprint density at radius 3 is 2.73 bits per heavy atom. The van der Waals surface area contributed by atoms with Crippen LogP contribution in [0.15, 0.2) is 46.6 Å². The number of methoxy groups -OCH3 is 1. The Balaban J connectivity index is 2.00. The molecule has 0 saturated carbocycles. The number of benzene rings is 2. The molecule has 0 spiro atoms. The van der Waals surface area contributed by atoms with Gasteiger partial charge in [0.2, 0.25) is 6.10 Å². The molecular formula is C19H18BrNO5. The number of hydrogen-bond donors (Lipinski definition) is 0. The van der Waals surface area contributed by atoms with Crippen molar-refractivity contribution < 1.29 is 19.1 Å². The van der Waals surface area contributed by atoms with Gasteiger partial charge in [-0.05, 0) is 36.8 Å². The maximum atomic E-state index is 11.6. The number of hydrogen-bond acceptors (Lipinski definition) is 5. The van der Waals surface area contributed by atoms with E-state index in [1.165, 1.54) is 7.11 Å². The zero-order chi connectivity index (χ0) is 18.7. The first-order valence-corrected chi connectivity index (χ1v) is 8.95. The van der Waals surface area contributed by atoms with Crippen LogP contribution in [0.4, 0.5) is 0 Å². The first-order chi connectivity index (χ1) is 12.5. The Morgan fingerprint density at radius 2 is 2.04 bits per heavy atom. The van der Waals surface area contributed by atoms with Crippen LogP contribution >= 0.6 is 15.9 Å². The highest BCUT2D eigenvalue weighted by molar-refractivity contribution is 9.10. The Labute approximate surface area is 159 Å². The molecule has 0 unspecified atom stereocenters. The molecule has 3 rings (SSSR count). The smallest absolute Gasteiger partial charge is 0.291 e. The predicted molar refractivity (Wildman–Crippen MR) is 101 cm³/mol. The molecule has 0 amide bonds. The van der Waals surface area contributed by atoms with Crippen LogP contribution < -0.4 is 14.2 Å². The summed E-state index contributed by atoms with van der Waals surface area (Å²) < 4.78 is 17.8. The van der Waals surface area contributed by atoms with Crippen LogP contribution in [0.3, 0.4) is 0 Å². The number of fused-ring (bicyclic) bond motifs is 1. The molecule has 1 aliphatic heterocycles. The molecule has 0 aliphatic carbocycles. The van der Waals surface area contributed by atoms with Crippen LogP contribution in [-0.4, -0.2) is 18.6 Å². The monoisotopic (exact) mass is 419 g/mol. The number of nitrogens with zero attached hydrogens (tertiary/aromatic N) is 1. The number of ether oxygens (including phenoxy) is 3. The Kier molecular flexibility index (Phi) is 5.46. The van der Waals surface area contributed by atoms with Gasteiger partial charge in [-0.25, -0.2) is 0 Å². The zero-order valence-corrected chi connectivity index (χ0v) is 16.0. The van der Waals surface area contributed by atoms with E-state index in [-0.39, 0.29) is 5.70 Å². The molecule has 0 radical (unpaired) electrons. The van der Waals surface area contributed by atoms with Gasteiger partial charge in [0.15, 0.2) is 11.5 Å². The summed E-state index contributed by atoms with van der Waals surface area (Å²) in [5, 5.41) is 11.6. The summed E-state index contributed by atoms with van der Waals surface area (Å²) in [5.74, 6) is 1.71. The molecule has 0 aromatic heterocycles. The van der Waals surface area contributed by atoms with E-state index in [1.807, 2.05) is 13.0 Å². The zero-order valence-electron chi connectivity index (χ0n) is 14.4. The van der Waals surface area contributed by atoms with E-state index in [0.717, 1.165) is 10.9 Å². The van der Waals surface area contributed by atoms with Crippen molar-refractivity contribution in [3.8, 4) is 17.2 Å². The molecule has 1 heterocycles. The summed E-state index contributed by atoms with van der Waals surface area (Å²) in [6.07, 6.45) is 1.59. The van der Waals surface area contributed by atoms with Crippen molar-refractivity contribution >= 4 is 22.0 Å². The van der Waals surface area contributed by atoms with E-state index in [4.69, 9.17) is 14.2 Å². The van der Waals surface area contributed by atoms with Crippen LogP contribution in [0.1, 0.15) is 30.6 Å². The van der Waals surface area contributed by atoms with Crippen molar-refractivity contribution in [3.05, 3.63) is 67.8 Å². The molecule has 6 nitrogen and oxygen atoms in total. The molecule has 136 valence electrons. The van der Waals surface area contributed by atoms with Crippen molar-refractivity contribution in [3.63, 3.8) is 0 Å². The first kappa shape index (κ1) is 18.3. The Hall–Kier alpha value is -2.54. The maximum absolute atomic E-state index is 11.6. The second kappa shape index (κ2) is 7.78. The number of halogens is 1. The molecule has 2 aromatic carbocycles. The van der Waals surface area contributed by atoms with E-state index in [9.17, 15) is 10.1 Å². The lowest BCUT2D eigenvalue weighted by atomic mass is 10.0. The Bertz CT molecular complexity index is 865. The number of nitro groups is 1. The van der Waals surface area contributed by atoms with Crippen LogP contribution in [0, 0.1) is 10.1 Å². The summed E-state index contributed by atoms with van der Waals surface area (Å²) in [5.41, 5.74) is 1.26. The summed E-state index contributed by atoms with van der Waals surface area (Å²) >= 11 is 3.37. The topological polar surface area (TPSA) is 70.8 Å². The second-order valence-electron chi connectivity index (χ2n) is 5.77. The fourth-order valence-electron chi connectivity index (χ4n) is 2.73. The fourth-order valence-corrected chi connectivity index (χ4v) is 3.11. The van der Waals surface area contributed by atoms with Gasteiger partial charge in [0.1, 0.15) is 5.75 Å². The minimum Gasteiger partial charge on any atom is -0.493 e. The van der Waals surface area contributed by atoms with Gasteiger partial charge in [-0.1, -0.05) is 28.9 Å². The molecule has 0 fully saturated rings. The highest BCUT2D eigenvalue weighted by atomic mass is 79.9. The Morgan fingerprint density at radius 1 is 1.23 bits per heavy atom. The van der Waals surface area contributed by atoms with Gasteiger partial charge in [-0.2, -0.15) is 0 Å². The maximum Gasteiger partial charge on any atom is 0.291 e. The predicted octanol–water partition coefficient (Wildman–Crippen LogP) is 5.00. The first-order valence-electron chi connectivity index (χ1n) is 8.16. The minimum absolute atomic E-state index is 0.0279. The number of rotatable bonds is 6. The third-order valence-electron chi connectivity index (χ3n) is 3.95. The van der Waals surface area contributed by atoms with Crippen LogP contribution in [0.2, 0.25) is 0 Å². The standard InChI is InChI=1S/C19H18BrNO5/c1-3-8-25-17-6-4-12(11-18(17)24-2)19-15(21(22)23)10-13-9-14(20)5-7-16(13)26-19/h4-7,9-11,19H,3,8H2,1-2H3/t19-/m0/s1. The van der Waals surface area contributed by atoms with Gasteiger partial charge in [-0.3, -0.25) is 10.1 Å². The second-order valence-corrected chi connectivity index (χ2v) is 6.68. The van der Waals surface area contributed by atoms with Gasteiger partial charge in [0, 0.05) is 21.7 Å². The highest BCUT2D eigenvalue weighted by Crippen LogP contribution is 2.40. The molecule has 1 aliphatic rings. The normalized spacial score (nSPS) is 15.5. The summed E-state index contributed by atoms with van der Waals surface area (Å²) in [6.45, 7) is 2.58. The summed E-state index contributed by atoms with van der Waals surface area (Å²) in [4.78, 5) is 11.2. The van der Waals surface area contributed by atoms with E-state index in [2.05, 4.69) is 15.9 Å². The lowest BCUT2D eigenvalue weighted by Gasteiger charge is -2.23. The van der Waals surface area contributed by atoms with Crippen molar-refractivity contribution in [2.75, 3.05) is 13.7 Å².